The number of amides is 1. The lowest BCUT2D eigenvalue weighted by molar-refractivity contribution is 0.0933. The van der Waals surface area contributed by atoms with Crippen molar-refractivity contribution >= 4 is 27.3 Å². The van der Waals surface area contributed by atoms with Crippen LogP contribution in [0.5, 0.6) is 0 Å². The Morgan fingerprint density at radius 2 is 2.00 bits per heavy atom. The summed E-state index contributed by atoms with van der Waals surface area (Å²) in [7, 11) is -3.69. The Morgan fingerprint density at radius 3 is 2.62 bits per heavy atom. The smallest absolute Gasteiger partial charge is 0.251 e. The van der Waals surface area contributed by atoms with E-state index < -0.39 is 10.0 Å². The van der Waals surface area contributed by atoms with Gasteiger partial charge in [-0.3, -0.25) is 4.79 Å². The number of nitrogens with one attached hydrogen (secondary N) is 2. The number of carbonyl (C=O) groups excluding carboxylic acids is 1. The van der Waals surface area contributed by atoms with Crippen molar-refractivity contribution in [1.29, 1.82) is 0 Å². The number of carbonyl (C=O) groups is 1. The minimum absolute atomic E-state index is 0.0647. The number of hydrogen-bond acceptors (Lipinski definition) is 5. The molecule has 2 rings (SSSR count). The summed E-state index contributed by atoms with van der Waals surface area (Å²) in [6, 6.07) is 9.60. The van der Waals surface area contributed by atoms with Crippen molar-refractivity contribution in [3.8, 4) is 0 Å². The molecule has 0 bridgehead atoms. The SMILES string of the molecule is CC(C)CC(CN)NC(=O)c1cccc(S(=O)(=O)NCc2cccs2)c1. The highest BCUT2D eigenvalue weighted by atomic mass is 32.2. The van der Waals surface area contributed by atoms with Crippen molar-refractivity contribution in [3.63, 3.8) is 0 Å². The lowest BCUT2D eigenvalue weighted by Gasteiger charge is -2.19. The average Bonchev–Trinajstić information content (AvgIpc) is 3.12. The van der Waals surface area contributed by atoms with Gasteiger partial charge in [0.05, 0.1) is 4.90 Å². The van der Waals surface area contributed by atoms with Crippen LogP contribution in [0, 0.1) is 5.92 Å². The molecule has 1 heterocycles. The fraction of sp³-hybridized carbons (Fsp3) is 0.389. The van der Waals surface area contributed by atoms with Crippen LogP contribution in [0.4, 0.5) is 0 Å². The zero-order chi connectivity index (χ0) is 19.2. The normalized spacial score (nSPS) is 12.9. The molecule has 142 valence electrons. The van der Waals surface area contributed by atoms with Crippen molar-refractivity contribution in [3.05, 3.63) is 52.2 Å². The number of nitrogens with two attached hydrogens (primary N) is 1. The molecule has 1 atom stereocenters. The van der Waals surface area contributed by atoms with Crippen LogP contribution in [0.1, 0.15) is 35.5 Å². The lowest BCUT2D eigenvalue weighted by atomic mass is 10.0. The molecule has 0 aliphatic carbocycles. The molecule has 1 amide bonds. The number of benzene rings is 1. The van der Waals surface area contributed by atoms with E-state index in [1.165, 1.54) is 23.5 Å². The molecule has 0 spiro atoms. The Balaban J connectivity index is 2.09. The van der Waals surface area contributed by atoms with Gasteiger partial charge in [-0.25, -0.2) is 13.1 Å². The van der Waals surface area contributed by atoms with Crippen molar-refractivity contribution in [1.82, 2.24) is 10.0 Å². The predicted molar refractivity (Wildman–Crippen MR) is 105 cm³/mol. The number of hydrogen-bond donors (Lipinski definition) is 3. The molecule has 1 unspecified atom stereocenters. The van der Waals surface area contributed by atoms with Crippen molar-refractivity contribution in [2.24, 2.45) is 11.7 Å². The van der Waals surface area contributed by atoms with Crippen LogP contribution >= 0.6 is 11.3 Å². The maximum atomic E-state index is 12.5. The Bertz CT molecular complexity index is 818. The molecule has 4 N–H and O–H groups in total. The summed E-state index contributed by atoms with van der Waals surface area (Å²) >= 11 is 1.48. The topological polar surface area (TPSA) is 101 Å². The van der Waals surface area contributed by atoms with Gasteiger partial charge in [-0.1, -0.05) is 26.0 Å². The first-order valence-electron chi connectivity index (χ1n) is 8.45. The molecular formula is C18H25N3O3S2. The van der Waals surface area contributed by atoms with E-state index in [1.54, 1.807) is 12.1 Å². The minimum atomic E-state index is -3.69. The van der Waals surface area contributed by atoms with Gasteiger partial charge in [0.15, 0.2) is 0 Å². The van der Waals surface area contributed by atoms with Crippen LogP contribution in [0.15, 0.2) is 46.7 Å². The predicted octanol–water partition coefficient (Wildman–Crippen LogP) is 2.33. The third-order valence-corrected chi connectivity index (χ3v) is 6.07. The molecule has 0 saturated heterocycles. The second-order valence-electron chi connectivity index (χ2n) is 6.47. The van der Waals surface area contributed by atoms with Crippen LogP contribution in [0.25, 0.3) is 0 Å². The van der Waals surface area contributed by atoms with Crippen LogP contribution in [0.3, 0.4) is 0 Å². The highest BCUT2D eigenvalue weighted by molar-refractivity contribution is 7.89. The highest BCUT2D eigenvalue weighted by Crippen LogP contribution is 2.14. The third-order valence-electron chi connectivity index (χ3n) is 3.80. The zero-order valence-corrected chi connectivity index (χ0v) is 16.6. The van der Waals surface area contributed by atoms with Crippen LogP contribution in [-0.4, -0.2) is 26.9 Å². The number of sulfonamides is 1. The van der Waals surface area contributed by atoms with Gasteiger partial charge in [-0.15, -0.1) is 11.3 Å². The zero-order valence-electron chi connectivity index (χ0n) is 14.9. The van der Waals surface area contributed by atoms with Crippen LogP contribution in [-0.2, 0) is 16.6 Å². The maximum absolute atomic E-state index is 12.5. The largest absolute Gasteiger partial charge is 0.348 e. The van der Waals surface area contributed by atoms with Crippen LogP contribution in [0.2, 0.25) is 0 Å². The molecule has 1 aromatic heterocycles. The second-order valence-corrected chi connectivity index (χ2v) is 9.27. The Kier molecular flexibility index (Phi) is 7.33. The van der Waals surface area contributed by atoms with Crippen molar-refractivity contribution in [2.75, 3.05) is 6.54 Å². The Hall–Kier alpha value is -1.74. The summed E-state index contributed by atoms with van der Waals surface area (Å²) in [4.78, 5) is 13.4. The van der Waals surface area contributed by atoms with E-state index in [-0.39, 0.29) is 23.4 Å². The minimum Gasteiger partial charge on any atom is -0.348 e. The van der Waals surface area contributed by atoms with E-state index in [0.717, 1.165) is 11.3 Å². The maximum Gasteiger partial charge on any atom is 0.251 e. The fourth-order valence-electron chi connectivity index (χ4n) is 2.52. The molecule has 1 aromatic carbocycles. The average molecular weight is 396 g/mol. The number of thiophene rings is 1. The van der Waals surface area contributed by atoms with E-state index in [1.807, 2.05) is 17.5 Å². The van der Waals surface area contributed by atoms with Gasteiger partial charge in [0, 0.05) is 29.6 Å². The molecule has 2 aromatic rings. The Labute approximate surface area is 158 Å². The van der Waals surface area contributed by atoms with E-state index >= 15 is 0 Å². The van der Waals surface area contributed by atoms with Gasteiger partial charge in [-0.05, 0) is 42.0 Å². The molecule has 0 aliphatic rings. The van der Waals surface area contributed by atoms with Gasteiger partial charge >= 0.3 is 0 Å². The summed E-state index contributed by atoms with van der Waals surface area (Å²) in [5, 5.41) is 4.76. The summed E-state index contributed by atoms with van der Waals surface area (Å²) in [5.41, 5.74) is 6.01. The molecule has 0 fully saturated rings. The van der Waals surface area contributed by atoms with Crippen molar-refractivity contribution in [2.45, 2.75) is 37.8 Å². The summed E-state index contributed by atoms with van der Waals surface area (Å²) in [6.45, 7) is 4.67. The molecule has 0 radical (unpaired) electrons. The number of rotatable bonds is 9. The molecular weight excluding hydrogens is 370 g/mol. The van der Waals surface area contributed by atoms with Gasteiger partial charge in [0.25, 0.3) is 5.91 Å². The molecule has 0 saturated carbocycles. The summed E-state index contributed by atoms with van der Waals surface area (Å²) in [5.74, 6) is 0.0772. The van der Waals surface area contributed by atoms with E-state index in [0.29, 0.717) is 18.0 Å². The first-order valence-corrected chi connectivity index (χ1v) is 10.8. The second kappa shape index (κ2) is 9.27. The summed E-state index contributed by atoms with van der Waals surface area (Å²) in [6.07, 6.45) is 0.766. The standard InChI is InChI=1S/C18H25N3O3S2/c1-13(2)9-15(11-19)21-18(22)14-5-3-7-17(10-14)26(23,24)20-12-16-6-4-8-25-16/h3-8,10,13,15,20H,9,11-12,19H2,1-2H3,(H,21,22). The first-order chi connectivity index (χ1) is 12.3. The highest BCUT2D eigenvalue weighted by Gasteiger charge is 2.18. The molecule has 26 heavy (non-hydrogen) atoms. The molecule has 8 heteroatoms. The lowest BCUT2D eigenvalue weighted by Crippen LogP contribution is -2.41. The van der Waals surface area contributed by atoms with Gasteiger partial charge < -0.3 is 11.1 Å². The van der Waals surface area contributed by atoms with E-state index in [4.69, 9.17) is 5.73 Å². The monoisotopic (exact) mass is 395 g/mol. The first kappa shape index (κ1) is 20.6. The van der Waals surface area contributed by atoms with Gasteiger partial charge in [0.1, 0.15) is 0 Å². The van der Waals surface area contributed by atoms with Crippen molar-refractivity contribution < 1.29 is 13.2 Å². The van der Waals surface area contributed by atoms with Crippen LogP contribution < -0.4 is 15.8 Å². The van der Waals surface area contributed by atoms with E-state index in [9.17, 15) is 13.2 Å². The molecule has 0 aliphatic heterocycles. The third kappa shape index (κ3) is 5.91. The quantitative estimate of drug-likeness (QED) is 0.606. The van der Waals surface area contributed by atoms with Gasteiger partial charge in [-0.2, -0.15) is 0 Å². The van der Waals surface area contributed by atoms with E-state index in [2.05, 4.69) is 23.9 Å². The fourth-order valence-corrected chi connectivity index (χ4v) is 4.31. The van der Waals surface area contributed by atoms with Gasteiger partial charge in [0.2, 0.25) is 10.0 Å². The Morgan fingerprint density at radius 1 is 1.23 bits per heavy atom. The summed E-state index contributed by atoms with van der Waals surface area (Å²) < 4.78 is 27.5. The molecule has 6 nitrogen and oxygen atoms in total.